The van der Waals surface area contributed by atoms with Gasteiger partial charge in [-0.1, -0.05) is 23.2 Å². The van der Waals surface area contributed by atoms with Crippen LogP contribution in [0.4, 0.5) is 10.1 Å². The highest BCUT2D eigenvalue weighted by molar-refractivity contribution is 9.10. The van der Waals surface area contributed by atoms with Gasteiger partial charge < -0.3 is 10.1 Å². The van der Waals surface area contributed by atoms with E-state index in [-0.39, 0.29) is 10.9 Å². The molecule has 0 aliphatic rings. The molecule has 0 heterocycles. The maximum atomic E-state index is 13.1. The van der Waals surface area contributed by atoms with Gasteiger partial charge in [0.1, 0.15) is 11.6 Å². The van der Waals surface area contributed by atoms with E-state index in [2.05, 4.69) is 21.2 Å². The molecule has 2 rings (SSSR count). The molecule has 0 aromatic heterocycles. The zero-order chi connectivity index (χ0) is 16.3. The third-order valence-electron chi connectivity index (χ3n) is 2.75. The summed E-state index contributed by atoms with van der Waals surface area (Å²) in [4.78, 5) is 12.1. The first-order chi connectivity index (χ1) is 10.4. The Labute approximate surface area is 145 Å². The van der Waals surface area contributed by atoms with Crippen molar-refractivity contribution in [3.8, 4) is 5.75 Å². The molecule has 1 amide bonds. The topological polar surface area (TPSA) is 38.3 Å². The summed E-state index contributed by atoms with van der Waals surface area (Å²) in [6.45, 7) is 1.60. The van der Waals surface area contributed by atoms with Crippen molar-refractivity contribution < 1.29 is 13.9 Å². The Bertz CT molecular complexity index is 712. The predicted octanol–water partition coefficient (Wildman–Crippen LogP) is 5.30. The Morgan fingerprint density at radius 2 is 2.00 bits per heavy atom. The lowest BCUT2D eigenvalue weighted by Crippen LogP contribution is -2.30. The molecule has 0 saturated heterocycles. The van der Waals surface area contributed by atoms with Crippen LogP contribution >= 0.6 is 39.1 Å². The highest BCUT2D eigenvalue weighted by atomic mass is 79.9. The normalized spacial score (nSPS) is 11.9. The molecule has 0 aliphatic heterocycles. The van der Waals surface area contributed by atoms with Crippen molar-refractivity contribution in [1.82, 2.24) is 0 Å². The number of amides is 1. The highest BCUT2D eigenvalue weighted by Gasteiger charge is 2.16. The molecule has 7 heteroatoms. The predicted molar refractivity (Wildman–Crippen MR) is 89.3 cm³/mol. The van der Waals surface area contributed by atoms with E-state index in [1.54, 1.807) is 25.1 Å². The average molecular weight is 407 g/mol. The number of rotatable bonds is 4. The standard InChI is InChI=1S/C15H11BrCl2FNO2/c1-8(22-14-5-2-9(17)6-11(14)16)15(21)20-10-3-4-13(19)12(18)7-10/h2-8H,1H3,(H,20,21). The summed E-state index contributed by atoms with van der Waals surface area (Å²) in [5.74, 6) is -0.442. The Kier molecular flexibility index (Phi) is 5.67. The maximum absolute atomic E-state index is 13.1. The van der Waals surface area contributed by atoms with E-state index in [0.717, 1.165) is 0 Å². The van der Waals surface area contributed by atoms with Crippen LogP contribution in [0, 0.1) is 5.82 Å². The van der Waals surface area contributed by atoms with Gasteiger partial charge in [-0.15, -0.1) is 0 Å². The molecule has 2 aromatic rings. The van der Waals surface area contributed by atoms with Gasteiger partial charge in [0, 0.05) is 10.7 Å². The smallest absolute Gasteiger partial charge is 0.265 e. The number of hydrogen-bond donors (Lipinski definition) is 1. The molecule has 0 fully saturated rings. The molecule has 3 nitrogen and oxygen atoms in total. The van der Waals surface area contributed by atoms with Gasteiger partial charge >= 0.3 is 0 Å². The maximum Gasteiger partial charge on any atom is 0.265 e. The first-order valence-corrected chi connectivity index (χ1v) is 7.79. The molecule has 2 aromatic carbocycles. The summed E-state index contributed by atoms with van der Waals surface area (Å²) in [7, 11) is 0. The van der Waals surface area contributed by atoms with E-state index >= 15 is 0 Å². The highest BCUT2D eigenvalue weighted by Crippen LogP contribution is 2.29. The van der Waals surface area contributed by atoms with E-state index in [4.69, 9.17) is 27.9 Å². The summed E-state index contributed by atoms with van der Waals surface area (Å²) in [6, 6.07) is 8.92. The molecule has 116 valence electrons. The van der Waals surface area contributed by atoms with Crippen molar-refractivity contribution in [2.24, 2.45) is 0 Å². The summed E-state index contributed by atoms with van der Waals surface area (Å²) in [6.07, 6.45) is -0.763. The van der Waals surface area contributed by atoms with Gasteiger partial charge in [-0.2, -0.15) is 0 Å². The fraction of sp³-hybridized carbons (Fsp3) is 0.133. The number of anilines is 1. The molecule has 1 atom stereocenters. The Morgan fingerprint density at radius 3 is 2.64 bits per heavy atom. The largest absolute Gasteiger partial charge is 0.480 e. The minimum Gasteiger partial charge on any atom is -0.480 e. The van der Waals surface area contributed by atoms with Gasteiger partial charge in [0.2, 0.25) is 0 Å². The van der Waals surface area contributed by atoms with Crippen LogP contribution in [-0.2, 0) is 4.79 Å². The third-order valence-corrected chi connectivity index (χ3v) is 3.90. The molecule has 1 unspecified atom stereocenters. The number of hydrogen-bond acceptors (Lipinski definition) is 2. The lowest BCUT2D eigenvalue weighted by Gasteiger charge is -2.16. The molecule has 0 spiro atoms. The van der Waals surface area contributed by atoms with E-state index in [1.807, 2.05) is 0 Å². The summed E-state index contributed by atoms with van der Waals surface area (Å²) < 4.78 is 19.3. The van der Waals surface area contributed by atoms with Crippen LogP contribution < -0.4 is 10.1 Å². The van der Waals surface area contributed by atoms with Gasteiger partial charge in [0.15, 0.2) is 6.10 Å². The molecule has 0 radical (unpaired) electrons. The second-order valence-corrected chi connectivity index (χ2v) is 6.15. The lowest BCUT2D eigenvalue weighted by atomic mass is 10.3. The van der Waals surface area contributed by atoms with Crippen LogP contribution in [0.3, 0.4) is 0 Å². The van der Waals surface area contributed by atoms with Crippen molar-refractivity contribution in [2.45, 2.75) is 13.0 Å². The van der Waals surface area contributed by atoms with Crippen LogP contribution in [0.15, 0.2) is 40.9 Å². The van der Waals surface area contributed by atoms with Crippen molar-refractivity contribution in [3.05, 3.63) is 56.7 Å². The number of carbonyl (C=O) groups excluding carboxylic acids is 1. The van der Waals surface area contributed by atoms with Crippen molar-refractivity contribution in [1.29, 1.82) is 0 Å². The second kappa shape index (κ2) is 7.31. The number of carbonyl (C=O) groups is 1. The Balaban J connectivity index is 2.04. The molecule has 1 N–H and O–H groups in total. The number of ether oxygens (including phenoxy) is 1. The fourth-order valence-electron chi connectivity index (χ4n) is 1.63. The first-order valence-electron chi connectivity index (χ1n) is 6.24. The number of nitrogens with one attached hydrogen (secondary N) is 1. The minimum absolute atomic E-state index is 0.0631. The van der Waals surface area contributed by atoms with Crippen molar-refractivity contribution in [2.75, 3.05) is 5.32 Å². The van der Waals surface area contributed by atoms with Crippen LogP contribution in [0.2, 0.25) is 10.0 Å². The van der Waals surface area contributed by atoms with E-state index in [9.17, 15) is 9.18 Å². The van der Waals surface area contributed by atoms with Gasteiger partial charge in [0.05, 0.1) is 9.50 Å². The van der Waals surface area contributed by atoms with Gasteiger partial charge in [0.25, 0.3) is 5.91 Å². The SMILES string of the molecule is CC(Oc1ccc(Cl)cc1Br)C(=O)Nc1ccc(F)c(Cl)c1. The van der Waals surface area contributed by atoms with E-state index in [0.29, 0.717) is 20.9 Å². The Hall–Kier alpha value is -1.30. The number of benzene rings is 2. The molecular formula is C15H11BrCl2FNO2. The number of halogens is 4. The fourth-order valence-corrected chi connectivity index (χ4v) is 2.59. The molecule has 0 saturated carbocycles. The lowest BCUT2D eigenvalue weighted by molar-refractivity contribution is -0.122. The molecule has 0 aliphatic carbocycles. The quantitative estimate of drug-likeness (QED) is 0.747. The van der Waals surface area contributed by atoms with Crippen LogP contribution in [0.1, 0.15) is 6.92 Å². The zero-order valence-electron chi connectivity index (χ0n) is 11.4. The van der Waals surface area contributed by atoms with Crippen LogP contribution in [-0.4, -0.2) is 12.0 Å². The average Bonchev–Trinajstić information content (AvgIpc) is 2.45. The molecular weight excluding hydrogens is 396 g/mol. The van der Waals surface area contributed by atoms with Crippen molar-refractivity contribution in [3.63, 3.8) is 0 Å². The molecule has 0 bridgehead atoms. The van der Waals surface area contributed by atoms with Crippen LogP contribution in [0.5, 0.6) is 5.75 Å². The second-order valence-electron chi connectivity index (χ2n) is 4.45. The third kappa shape index (κ3) is 4.35. The first kappa shape index (κ1) is 17.1. The van der Waals surface area contributed by atoms with Gasteiger partial charge in [-0.05, 0) is 59.3 Å². The van der Waals surface area contributed by atoms with Crippen LogP contribution in [0.25, 0.3) is 0 Å². The monoisotopic (exact) mass is 405 g/mol. The van der Waals surface area contributed by atoms with Gasteiger partial charge in [-0.25, -0.2) is 4.39 Å². The summed E-state index contributed by atoms with van der Waals surface area (Å²) in [5.41, 5.74) is 0.391. The Morgan fingerprint density at radius 1 is 1.27 bits per heavy atom. The van der Waals surface area contributed by atoms with Gasteiger partial charge in [-0.3, -0.25) is 4.79 Å². The summed E-state index contributed by atoms with van der Waals surface area (Å²) in [5, 5.41) is 3.09. The molecule has 22 heavy (non-hydrogen) atoms. The zero-order valence-corrected chi connectivity index (χ0v) is 14.5. The van der Waals surface area contributed by atoms with Crippen molar-refractivity contribution >= 4 is 50.7 Å². The minimum atomic E-state index is -0.763. The van der Waals surface area contributed by atoms with E-state index in [1.165, 1.54) is 18.2 Å². The summed E-state index contributed by atoms with van der Waals surface area (Å²) >= 11 is 14.8. The van der Waals surface area contributed by atoms with E-state index < -0.39 is 11.9 Å².